The highest BCUT2D eigenvalue weighted by Crippen LogP contribution is 2.36. The average Bonchev–Trinajstić information content (AvgIpc) is 3.37. The Morgan fingerprint density at radius 3 is 2.89 bits per heavy atom. The zero-order valence-electron chi connectivity index (χ0n) is 15.1. The number of thioether (sulfide) groups is 1. The summed E-state index contributed by atoms with van der Waals surface area (Å²) in [6.07, 6.45) is 3.57. The fourth-order valence-corrected chi connectivity index (χ4v) is 3.61. The van der Waals surface area contributed by atoms with Crippen LogP contribution in [0.1, 0.15) is 38.8 Å². The Labute approximate surface area is 159 Å². The maximum absolute atomic E-state index is 12.8. The summed E-state index contributed by atoms with van der Waals surface area (Å²) in [5, 5.41) is 7.70. The first-order chi connectivity index (χ1) is 13.0. The molecular formula is C18H20N5O3S+. The van der Waals surface area contributed by atoms with Crippen molar-refractivity contribution < 1.29 is 14.0 Å². The molecule has 0 radical (unpaired) electrons. The second kappa shape index (κ2) is 7.15. The summed E-state index contributed by atoms with van der Waals surface area (Å²) < 4.78 is 8.45. The van der Waals surface area contributed by atoms with Crippen LogP contribution in [0.2, 0.25) is 0 Å². The lowest BCUT2D eigenvalue weighted by Crippen LogP contribution is -2.36. The Kier molecular flexibility index (Phi) is 4.69. The Morgan fingerprint density at radius 2 is 2.19 bits per heavy atom. The van der Waals surface area contributed by atoms with Crippen molar-refractivity contribution in [1.82, 2.24) is 14.8 Å². The Morgan fingerprint density at radius 1 is 1.41 bits per heavy atom. The summed E-state index contributed by atoms with van der Waals surface area (Å²) >= 11 is 1.26. The van der Waals surface area contributed by atoms with Gasteiger partial charge in [0.1, 0.15) is 0 Å². The highest BCUT2D eigenvalue weighted by Gasteiger charge is 2.29. The molecule has 2 heterocycles. The maximum Gasteiger partial charge on any atom is 0.302 e. The Hall–Kier alpha value is -2.68. The van der Waals surface area contributed by atoms with Crippen LogP contribution >= 0.6 is 11.8 Å². The SMILES string of the molecule is CC(C)[n+]1cc(NC(=O)CSc2nc3ccccc3c(=O)n2C2CC2)on1. The number of aromatic nitrogens is 4. The van der Waals surface area contributed by atoms with Crippen molar-refractivity contribution in [2.75, 3.05) is 11.1 Å². The normalized spacial score (nSPS) is 14.0. The summed E-state index contributed by atoms with van der Waals surface area (Å²) in [5.74, 6) is 0.178. The predicted molar refractivity (Wildman–Crippen MR) is 101 cm³/mol. The van der Waals surface area contributed by atoms with Gasteiger partial charge in [-0.05, 0) is 43.5 Å². The molecule has 4 rings (SSSR count). The van der Waals surface area contributed by atoms with Crippen LogP contribution in [0.4, 0.5) is 5.88 Å². The van der Waals surface area contributed by atoms with E-state index in [1.54, 1.807) is 21.5 Å². The number of benzene rings is 1. The number of hydrogen-bond donors (Lipinski definition) is 1. The van der Waals surface area contributed by atoms with E-state index in [1.807, 2.05) is 32.0 Å². The van der Waals surface area contributed by atoms with Crippen molar-refractivity contribution >= 4 is 34.5 Å². The number of nitrogens with zero attached hydrogens (tertiary/aromatic N) is 4. The van der Waals surface area contributed by atoms with Gasteiger partial charge in [0.25, 0.3) is 11.8 Å². The van der Waals surface area contributed by atoms with Gasteiger partial charge >= 0.3 is 5.88 Å². The van der Waals surface area contributed by atoms with E-state index in [2.05, 4.69) is 15.6 Å². The fourth-order valence-electron chi connectivity index (χ4n) is 2.74. The molecule has 0 aliphatic heterocycles. The molecule has 1 saturated carbocycles. The quantitative estimate of drug-likeness (QED) is 0.397. The van der Waals surface area contributed by atoms with Crippen molar-refractivity contribution in [3.63, 3.8) is 0 Å². The van der Waals surface area contributed by atoms with Crippen molar-refractivity contribution in [2.45, 2.75) is 43.9 Å². The second-order valence-electron chi connectivity index (χ2n) is 6.79. The van der Waals surface area contributed by atoms with Crippen molar-refractivity contribution in [3.8, 4) is 0 Å². The number of anilines is 1. The minimum atomic E-state index is -0.239. The number of carbonyl (C=O) groups is 1. The number of amides is 1. The second-order valence-corrected chi connectivity index (χ2v) is 7.74. The van der Waals surface area contributed by atoms with Crippen LogP contribution in [0.5, 0.6) is 0 Å². The summed E-state index contributed by atoms with van der Waals surface area (Å²) in [6, 6.07) is 7.62. The molecule has 1 amide bonds. The van der Waals surface area contributed by atoms with Gasteiger partial charge in [-0.1, -0.05) is 23.9 Å². The number of rotatable bonds is 6. The Bertz CT molecular complexity index is 1050. The van der Waals surface area contributed by atoms with Crippen LogP contribution in [-0.2, 0) is 4.79 Å². The molecule has 0 unspecified atom stereocenters. The predicted octanol–water partition coefficient (Wildman–Crippen LogP) is 2.32. The molecule has 3 aromatic rings. The standard InChI is InChI=1S/C18H19N5O3S/c1-11(2)22-9-16(26-21-22)20-15(24)10-27-18-19-14-6-4-3-5-13(14)17(25)23(18)12-7-8-12/h3-6,9,11-12H,7-8,10H2,1-2H3/p+1. The topological polar surface area (TPSA) is 93.9 Å². The first kappa shape index (κ1) is 17.7. The van der Waals surface area contributed by atoms with E-state index in [0.717, 1.165) is 12.8 Å². The molecule has 0 atom stereocenters. The third kappa shape index (κ3) is 3.73. The molecule has 8 nitrogen and oxygen atoms in total. The molecule has 1 aliphatic rings. The molecule has 2 aromatic heterocycles. The molecule has 1 N–H and O–H groups in total. The van der Waals surface area contributed by atoms with Crippen LogP contribution in [0, 0.1) is 0 Å². The third-order valence-electron chi connectivity index (χ3n) is 4.29. The van der Waals surface area contributed by atoms with E-state index in [4.69, 9.17) is 4.52 Å². The zero-order chi connectivity index (χ0) is 19.0. The van der Waals surface area contributed by atoms with Gasteiger partial charge in [0, 0.05) is 6.04 Å². The van der Waals surface area contributed by atoms with Gasteiger partial charge in [0.15, 0.2) is 11.2 Å². The molecule has 0 spiro atoms. The Balaban J connectivity index is 1.52. The lowest BCUT2D eigenvalue weighted by atomic mass is 10.2. The molecular weight excluding hydrogens is 366 g/mol. The number of para-hydroxylation sites is 1. The first-order valence-electron chi connectivity index (χ1n) is 8.85. The monoisotopic (exact) mass is 386 g/mol. The minimum absolute atomic E-state index is 0.0424. The average molecular weight is 386 g/mol. The molecule has 1 fully saturated rings. The number of carbonyl (C=O) groups excluding carboxylic acids is 1. The van der Waals surface area contributed by atoms with Gasteiger partial charge < -0.3 is 0 Å². The minimum Gasteiger partial charge on any atom is -0.288 e. The highest BCUT2D eigenvalue weighted by atomic mass is 32.2. The van der Waals surface area contributed by atoms with Gasteiger partial charge in [-0.3, -0.25) is 24.0 Å². The van der Waals surface area contributed by atoms with E-state index in [-0.39, 0.29) is 29.3 Å². The smallest absolute Gasteiger partial charge is 0.288 e. The van der Waals surface area contributed by atoms with E-state index in [1.165, 1.54) is 11.8 Å². The van der Waals surface area contributed by atoms with Crippen molar-refractivity contribution in [2.24, 2.45) is 0 Å². The molecule has 140 valence electrons. The summed E-state index contributed by atoms with van der Waals surface area (Å²) in [5.41, 5.74) is 0.606. The van der Waals surface area contributed by atoms with Crippen molar-refractivity contribution in [3.05, 3.63) is 40.8 Å². The van der Waals surface area contributed by atoms with E-state index in [9.17, 15) is 9.59 Å². The van der Waals surface area contributed by atoms with Crippen LogP contribution in [0.15, 0.2) is 44.9 Å². The van der Waals surface area contributed by atoms with E-state index in [0.29, 0.717) is 21.9 Å². The van der Waals surface area contributed by atoms with Gasteiger partial charge in [0.2, 0.25) is 11.2 Å². The first-order valence-corrected chi connectivity index (χ1v) is 9.83. The number of hydrogen-bond acceptors (Lipinski definition) is 6. The maximum atomic E-state index is 12.8. The van der Waals surface area contributed by atoms with Crippen molar-refractivity contribution in [1.29, 1.82) is 0 Å². The molecule has 1 aromatic carbocycles. The summed E-state index contributed by atoms with van der Waals surface area (Å²) in [6.45, 7) is 3.93. The molecule has 0 saturated heterocycles. The molecule has 1 aliphatic carbocycles. The van der Waals surface area contributed by atoms with Crippen LogP contribution < -0.4 is 15.6 Å². The molecule has 0 bridgehead atoms. The summed E-state index contributed by atoms with van der Waals surface area (Å²) in [7, 11) is 0. The molecule has 27 heavy (non-hydrogen) atoms. The highest BCUT2D eigenvalue weighted by molar-refractivity contribution is 7.99. The van der Waals surface area contributed by atoms with E-state index < -0.39 is 0 Å². The van der Waals surface area contributed by atoms with Gasteiger partial charge in [-0.2, -0.15) is 0 Å². The van der Waals surface area contributed by atoms with Crippen LogP contribution in [0.3, 0.4) is 0 Å². The molecule has 9 heteroatoms. The fraction of sp³-hybridized carbons (Fsp3) is 0.389. The number of nitrogens with one attached hydrogen (secondary N) is 1. The third-order valence-corrected chi connectivity index (χ3v) is 5.25. The number of fused-ring (bicyclic) bond motifs is 1. The van der Waals surface area contributed by atoms with Gasteiger partial charge in [-0.15, -0.1) is 0 Å². The largest absolute Gasteiger partial charge is 0.302 e. The summed E-state index contributed by atoms with van der Waals surface area (Å²) in [4.78, 5) is 29.7. The van der Waals surface area contributed by atoms with Crippen LogP contribution in [0.25, 0.3) is 10.9 Å². The van der Waals surface area contributed by atoms with Gasteiger partial charge in [0.05, 0.1) is 16.7 Å². The lowest BCUT2D eigenvalue weighted by molar-refractivity contribution is -0.779. The zero-order valence-corrected chi connectivity index (χ0v) is 15.9. The van der Waals surface area contributed by atoms with Crippen LogP contribution in [-0.4, -0.2) is 26.5 Å². The van der Waals surface area contributed by atoms with E-state index >= 15 is 0 Å². The van der Waals surface area contributed by atoms with Gasteiger partial charge in [-0.25, -0.2) is 4.98 Å². The lowest BCUT2D eigenvalue weighted by Gasteiger charge is -2.11.